The molecule has 5 nitrogen and oxygen atoms in total. The van der Waals surface area contributed by atoms with E-state index in [1.165, 1.54) is 7.11 Å². The highest BCUT2D eigenvalue weighted by Crippen LogP contribution is 2.22. The fourth-order valence-electron chi connectivity index (χ4n) is 3.02. The van der Waals surface area contributed by atoms with Gasteiger partial charge in [-0.25, -0.2) is 0 Å². The Morgan fingerprint density at radius 2 is 2.24 bits per heavy atom. The van der Waals surface area contributed by atoms with Crippen molar-refractivity contribution in [3.05, 3.63) is 0 Å². The molecule has 1 fully saturated rings. The largest absolute Gasteiger partial charge is 0.468 e. The number of hydrogen-bond donors (Lipinski definition) is 1. The lowest BCUT2D eigenvalue weighted by Crippen LogP contribution is -2.54. The summed E-state index contributed by atoms with van der Waals surface area (Å²) in [6.07, 6.45) is 4.43. The van der Waals surface area contributed by atoms with Crippen LogP contribution in [0.3, 0.4) is 0 Å². The van der Waals surface area contributed by atoms with E-state index in [0.29, 0.717) is 12.1 Å². The topological polar surface area (TPSA) is 50.8 Å². The van der Waals surface area contributed by atoms with Crippen molar-refractivity contribution in [2.45, 2.75) is 64.1 Å². The van der Waals surface area contributed by atoms with E-state index in [1.807, 2.05) is 14.0 Å². The van der Waals surface area contributed by atoms with Crippen LogP contribution < -0.4 is 5.32 Å². The number of carbonyl (C=O) groups excluding carboxylic acids is 1. The molecule has 1 saturated heterocycles. The lowest BCUT2D eigenvalue weighted by molar-refractivity contribution is -0.148. The predicted molar refractivity (Wildman–Crippen MR) is 84.4 cm³/mol. The number of methoxy groups -OCH3 is 1. The Kier molecular flexibility index (Phi) is 7.63. The smallest absolute Gasteiger partial charge is 0.325 e. The van der Waals surface area contributed by atoms with E-state index < -0.39 is 5.54 Å². The molecule has 0 spiro atoms. The summed E-state index contributed by atoms with van der Waals surface area (Å²) in [5.41, 5.74) is -0.634. The van der Waals surface area contributed by atoms with Gasteiger partial charge in [-0.15, -0.1) is 0 Å². The van der Waals surface area contributed by atoms with Crippen LogP contribution in [0, 0.1) is 0 Å². The molecule has 3 atom stereocenters. The fourth-order valence-corrected chi connectivity index (χ4v) is 3.02. The highest BCUT2D eigenvalue weighted by molar-refractivity contribution is 5.80. The molecule has 1 rings (SSSR count). The minimum absolute atomic E-state index is 0.201. The average molecular weight is 300 g/mol. The monoisotopic (exact) mass is 300 g/mol. The van der Waals surface area contributed by atoms with Gasteiger partial charge in [-0.2, -0.15) is 0 Å². The highest BCUT2D eigenvalue weighted by atomic mass is 16.5. The molecule has 0 amide bonds. The van der Waals surface area contributed by atoms with E-state index in [9.17, 15) is 4.79 Å². The maximum absolute atomic E-state index is 12.0. The summed E-state index contributed by atoms with van der Waals surface area (Å²) in [5, 5.41) is 3.11. The number of nitrogens with zero attached hydrogens (tertiary/aromatic N) is 1. The van der Waals surface area contributed by atoms with Gasteiger partial charge in [0.25, 0.3) is 0 Å². The molecule has 0 aromatic carbocycles. The second-order valence-electron chi connectivity index (χ2n) is 6.26. The summed E-state index contributed by atoms with van der Waals surface area (Å²) < 4.78 is 10.8. The number of carbonyl (C=O) groups is 1. The van der Waals surface area contributed by atoms with Crippen LogP contribution in [0.2, 0.25) is 0 Å². The van der Waals surface area contributed by atoms with Crippen LogP contribution in [0.1, 0.15) is 46.5 Å². The SMILES string of the molecule is CCCOC1CCCN(C(C)CC(C)(NC)C(=O)OC)C1. The third-order valence-corrected chi connectivity index (χ3v) is 4.48. The number of piperidine rings is 1. The van der Waals surface area contributed by atoms with E-state index >= 15 is 0 Å². The zero-order valence-electron chi connectivity index (χ0n) is 14.3. The van der Waals surface area contributed by atoms with Gasteiger partial charge in [0, 0.05) is 19.2 Å². The standard InChI is InChI=1S/C16H32N2O3/c1-6-10-21-14-8-7-9-18(12-14)13(2)11-16(3,17-4)15(19)20-5/h13-14,17H,6-12H2,1-5H3. The zero-order chi connectivity index (χ0) is 15.9. The van der Waals surface area contributed by atoms with Crippen molar-refractivity contribution in [2.24, 2.45) is 0 Å². The summed E-state index contributed by atoms with van der Waals surface area (Å²) in [4.78, 5) is 14.4. The van der Waals surface area contributed by atoms with Gasteiger partial charge in [-0.05, 0) is 53.1 Å². The van der Waals surface area contributed by atoms with Crippen LogP contribution in [0.25, 0.3) is 0 Å². The van der Waals surface area contributed by atoms with E-state index in [-0.39, 0.29) is 5.97 Å². The molecule has 5 heteroatoms. The van der Waals surface area contributed by atoms with Crippen molar-refractivity contribution in [3.63, 3.8) is 0 Å². The summed E-state index contributed by atoms with van der Waals surface area (Å²) in [7, 11) is 3.26. The minimum atomic E-state index is -0.634. The molecule has 21 heavy (non-hydrogen) atoms. The van der Waals surface area contributed by atoms with Crippen molar-refractivity contribution in [1.82, 2.24) is 10.2 Å². The molecule has 1 N–H and O–H groups in total. The molecule has 0 radical (unpaired) electrons. The summed E-state index contributed by atoms with van der Waals surface area (Å²) in [5.74, 6) is -0.201. The Labute approximate surface area is 129 Å². The second kappa shape index (κ2) is 8.71. The number of likely N-dealkylation sites (tertiary alicyclic amines) is 1. The van der Waals surface area contributed by atoms with Crippen molar-refractivity contribution in [1.29, 1.82) is 0 Å². The van der Waals surface area contributed by atoms with Gasteiger partial charge in [0.1, 0.15) is 5.54 Å². The van der Waals surface area contributed by atoms with E-state index in [0.717, 1.165) is 45.4 Å². The number of ether oxygens (including phenoxy) is 2. The number of nitrogens with one attached hydrogen (secondary N) is 1. The fraction of sp³-hybridized carbons (Fsp3) is 0.938. The Morgan fingerprint density at radius 1 is 1.52 bits per heavy atom. The summed E-state index contributed by atoms with van der Waals surface area (Å²) >= 11 is 0. The first-order valence-electron chi connectivity index (χ1n) is 8.09. The molecule has 0 aliphatic carbocycles. The lowest BCUT2D eigenvalue weighted by atomic mass is 9.92. The van der Waals surface area contributed by atoms with Crippen molar-refractivity contribution < 1.29 is 14.3 Å². The Morgan fingerprint density at radius 3 is 2.81 bits per heavy atom. The zero-order valence-corrected chi connectivity index (χ0v) is 14.3. The number of esters is 1. The average Bonchev–Trinajstić information content (AvgIpc) is 2.52. The third-order valence-electron chi connectivity index (χ3n) is 4.48. The van der Waals surface area contributed by atoms with E-state index in [1.54, 1.807) is 0 Å². The molecule has 124 valence electrons. The molecular formula is C16H32N2O3. The van der Waals surface area contributed by atoms with Crippen LogP contribution in [0.15, 0.2) is 0 Å². The van der Waals surface area contributed by atoms with Gasteiger partial charge in [0.2, 0.25) is 0 Å². The van der Waals surface area contributed by atoms with E-state index in [2.05, 4.69) is 24.1 Å². The van der Waals surface area contributed by atoms with Gasteiger partial charge in [-0.3, -0.25) is 9.69 Å². The van der Waals surface area contributed by atoms with Crippen LogP contribution in [0.4, 0.5) is 0 Å². The predicted octanol–water partition coefficient (Wildman–Crippen LogP) is 1.81. The second-order valence-corrected chi connectivity index (χ2v) is 6.26. The van der Waals surface area contributed by atoms with Gasteiger partial charge < -0.3 is 14.8 Å². The molecule has 0 saturated carbocycles. The molecule has 1 aliphatic rings. The molecule has 1 heterocycles. The summed E-state index contributed by atoms with van der Waals surface area (Å²) in [6, 6.07) is 0.314. The first-order chi connectivity index (χ1) is 9.96. The lowest BCUT2D eigenvalue weighted by Gasteiger charge is -2.39. The number of rotatable bonds is 8. The van der Waals surface area contributed by atoms with Crippen molar-refractivity contribution in [2.75, 3.05) is 33.9 Å². The Hall–Kier alpha value is -0.650. The number of hydrogen-bond acceptors (Lipinski definition) is 5. The van der Waals surface area contributed by atoms with Gasteiger partial charge in [0.05, 0.1) is 13.2 Å². The minimum Gasteiger partial charge on any atom is -0.468 e. The van der Waals surface area contributed by atoms with Gasteiger partial charge in [-0.1, -0.05) is 6.92 Å². The van der Waals surface area contributed by atoms with Crippen LogP contribution >= 0.6 is 0 Å². The third kappa shape index (κ3) is 5.24. The molecule has 3 unspecified atom stereocenters. The number of likely N-dealkylation sites (N-methyl/N-ethyl adjacent to an activating group) is 1. The molecular weight excluding hydrogens is 268 g/mol. The molecule has 0 bridgehead atoms. The normalized spacial score (nSPS) is 24.3. The van der Waals surface area contributed by atoms with Gasteiger partial charge >= 0.3 is 5.97 Å². The van der Waals surface area contributed by atoms with Crippen LogP contribution in [-0.2, 0) is 14.3 Å². The van der Waals surface area contributed by atoms with E-state index in [4.69, 9.17) is 9.47 Å². The van der Waals surface area contributed by atoms with Crippen molar-refractivity contribution >= 4 is 5.97 Å². The quantitative estimate of drug-likeness (QED) is 0.693. The summed E-state index contributed by atoms with van der Waals surface area (Å²) in [6.45, 7) is 9.10. The maximum Gasteiger partial charge on any atom is 0.325 e. The molecule has 1 aliphatic heterocycles. The van der Waals surface area contributed by atoms with Crippen LogP contribution in [0.5, 0.6) is 0 Å². The Balaban J connectivity index is 2.57. The first-order valence-corrected chi connectivity index (χ1v) is 8.09. The molecule has 0 aromatic heterocycles. The first kappa shape index (κ1) is 18.4. The highest BCUT2D eigenvalue weighted by Gasteiger charge is 2.36. The maximum atomic E-state index is 12.0. The Bertz CT molecular complexity index is 325. The molecule has 0 aromatic rings. The van der Waals surface area contributed by atoms with Crippen molar-refractivity contribution in [3.8, 4) is 0 Å². The van der Waals surface area contributed by atoms with Gasteiger partial charge in [0.15, 0.2) is 0 Å². The van der Waals surface area contributed by atoms with Crippen LogP contribution in [-0.4, -0.2) is 62.4 Å².